The van der Waals surface area contributed by atoms with Crippen LogP contribution in [0.15, 0.2) is 48.5 Å². The molecule has 0 aliphatic heterocycles. The molecular weight excluding hydrogens is 340 g/mol. The average Bonchev–Trinajstić information content (AvgIpc) is 2.60. The SMILES string of the molecule is CC(Oc1ccc(C(C)C)cc1)C(=O)NNC(=O)c1ccccc1Cl. The summed E-state index contributed by atoms with van der Waals surface area (Å²) in [6.45, 7) is 5.81. The highest BCUT2D eigenvalue weighted by Crippen LogP contribution is 2.19. The first kappa shape index (κ1) is 18.8. The molecule has 132 valence electrons. The van der Waals surface area contributed by atoms with Gasteiger partial charge >= 0.3 is 0 Å². The predicted molar refractivity (Wildman–Crippen MR) is 97.7 cm³/mol. The molecule has 0 saturated heterocycles. The van der Waals surface area contributed by atoms with E-state index in [1.165, 1.54) is 5.56 Å². The summed E-state index contributed by atoms with van der Waals surface area (Å²) in [4.78, 5) is 24.1. The van der Waals surface area contributed by atoms with Crippen LogP contribution in [-0.2, 0) is 4.79 Å². The number of amides is 2. The first-order chi connectivity index (χ1) is 11.9. The monoisotopic (exact) mass is 360 g/mol. The molecular formula is C19H21ClN2O3. The molecule has 0 aromatic heterocycles. The second-order valence-electron chi connectivity index (χ2n) is 5.91. The molecule has 2 aromatic rings. The Morgan fingerprint density at radius 3 is 2.20 bits per heavy atom. The molecule has 25 heavy (non-hydrogen) atoms. The summed E-state index contributed by atoms with van der Waals surface area (Å²) >= 11 is 5.94. The average molecular weight is 361 g/mol. The number of ether oxygens (including phenoxy) is 1. The molecule has 2 N–H and O–H groups in total. The first-order valence-corrected chi connectivity index (χ1v) is 8.37. The van der Waals surface area contributed by atoms with Gasteiger partial charge < -0.3 is 4.74 Å². The minimum absolute atomic E-state index is 0.280. The largest absolute Gasteiger partial charge is 0.481 e. The molecule has 0 radical (unpaired) electrons. The molecule has 2 aromatic carbocycles. The third-order valence-corrected chi connectivity index (χ3v) is 3.98. The summed E-state index contributed by atoms with van der Waals surface area (Å²) in [6, 6.07) is 14.1. The van der Waals surface area contributed by atoms with Crippen LogP contribution in [0, 0.1) is 0 Å². The Morgan fingerprint density at radius 1 is 0.960 bits per heavy atom. The van der Waals surface area contributed by atoms with Gasteiger partial charge in [-0.3, -0.25) is 20.4 Å². The van der Waals surface area contributed by atoms with Gasteiger partial charge in [-0.15, -0.1) is 0 Å². The minimum atomic E-state index is -0.767. The van der Waals surface area contributed by atoms with Crippen molar-refractivity contribution >= 4 is 23.4 Å². The molecule has 0 spiro atoms. The summed E-state index contributed by atoms with van der Waals surface area (Å²) in [7, 11) is 0. The summed E-state index contributed by atoms with van der Waals surface area (Å²) < 4.78 is 5.58. The summed E-state index contributed by atoms with van der Waals surface area (Å²) in [5.41, 5.74) is 6.13. The van der Waals surface area contributed by atoms with E-state index in [1.54, 1.807) is 31.2 Å². The third-order valence-electron chi connectivity index (χ3n) is 3.65. The fraction of sp³-hybridized carbons (Fsp3) is 0.263. The van der Waals surface area contributed by atoms with Gasteiger partial charge in [-0.2, -0.15) is 0 Å². The topological polar surface area (TPSA) is 67.4 Å². The Balaban J connectivity index is 1.88. The van der Waals surface area contributed by atoms with Crippen LogP contribution >= 0.6 is 11.6 Å². The van der Waals surface area contributed by atoms with Gasteiger partial charge in [0.15, 0.2) is 6.10 Å². The highest BCUT2D eigenvalue weighted by Gasteiger charge is 2.17. The first-order valence-electron chi connectivity index (χ1n) is 8.00. The highest BCUT2D eigenvalue weighted by atomic mass is 35.5. The van der Waals surface area contributed by atoms with E-state index in [4.69, 9.17) is 16.3 Å². The second kappa shape index (κ2) is 8.53. The molecule has 0 heterocycles. The van der Waals surface area contributed by atoms with E-state index >= 15 is 0 Å². The van der Waals surface area contributed by atoms with Crippen LogP contribution in [0.4, 0.5) is 0 Å². The number of carbonyl (C=O) groups excluding carboxylic acids is 2. The minimum Gasteiger partial charge on any atom is -0.481 e. The number of hydrazine groups is 1. The molecule has 2 amide bonds. The number of carbonyl (C=O) groups is 2. The van der Waals surface area contributed by atoms with E-state index in [1.807, 2.05) is 24.3 Å². The fourth-order valence-corrected chi connectivity index (χ4v) is 2.34. The van der Waals surface area contributed by atoms with Crippen LogP contribution in [0.2, 0.25) is 5.02 Å². The summed E-state index contributed by atoms with van der Waals surface area (Å²) in [5, 5.41) is 0.309. The lowest BCUT2D eigenvalue weighted by Crippen LogP contribution is -2.47. The molecule has 0 saturated carbocycles. The summed E-state index contributed by atoms with van der Waals surface area (Å²) in [6.07, 6.45) is -0.767. The number of nitrogens with one attached hydrogen (secondary N) is 2. The van der Waals surface area contributed by atoms with Crippen molar-refractivity contribution in [2.75, 3.05) is 0 Å². The molecule has 0 fully saturated rings. The van der Waals surface area contributed by atoms with Gasteiger partial charge in [0.1, 0.15) is 5.75 Å². The summed E-state index contributed by atoms with van der Waals surface area (Å²) in [5.74, 6) is 0.0556. The third kappa shape index (κ3) is 5.22. The van der Waals surface area contributed by atoms with Crippen LogP contribution in [0.25, 0.3) is 0 Å². The number of hydrogen-bond acceptors (Lipinski definition) is 3. The maximum atomic E-state index is 12.1. The molecule has 6 heteroatoms. The van der Waals surface area contributed by atoms with E-state index in [0.717, 1.165) is 0 Å². The lowest BCUT2D eigenvalue weighted by molar-refractivity contribution is -0.128. The van der Waals surface area contributed by atoms with Crippen LogP contribution in [-0.4, -0.2) is 17.9 Å². The molecule has 0 aliphatic carbocycles. The van der Waals surface area contributed by atoms with E-state index in [-0.39, 0.29) is 5.56 Å². The fourth-order valence-electron chi connectivity index (χ4n) is 2.12. The smallest absolute Gasteiger partial charge is 0.279 e. The maximum Gasteiger partial charge on any atom is 0.279 e. The van der Waals surface area contributed by atoms with Crippen molar-refractivity contribution in [2.24, 2.45) is 0 Å². The van der Waals surface area contributed by atoms with E-state index in [2.05, 4.69) is 24.7 Å². The normalized spacial score (nSPS) is 11.7. The second-order valence-corrected chi connectivity index (χ2v) is 6.31. The van der Waals surface area contributed by atoms with Crippen molar-refractivity contribution in [2.45, 2.75) is 32.8 Å². The number of hydrogen-bond donors (Lipinski definition) is 2. The number of benzene rings is 2. The molecule has 1 atom stereocenters. The molecule has 2 rings (SSSR count). The lowest BCUT2D eigenvalue weighted by atomic mass is 10.0. The van der Waals surface area contributed by atoms with Gasteiger partial charge in [-0.1, -0.05) is 49.7 Å². The maximum absolute atomic E-state index is 12.1. The zero-order valence-corrected chi connectivity index (χ0v) is 15.1. The van der Waals surface area contributed by atoms with Gasteiger partial charge in [0.25, 0.3) is 11.8 Å². The van der Waals surface area contributed by atoms with Gasteiger partial charge in [0, 0.05) is 0 Å². The van der Waals surface area contributed by atoms with E-state index < -0.39 is 17.9 Å². The standard InChI is InChI=1S/C19H21ClN2O3/c1-12(2)14-8-10-15(11-9-14)25-13(3)18(23)21-22-19(24)16-6-4-5-7-17(16)20/h4-13H,1-3H3,(H,21,23)(H,22,24). The number of halogens is 1. The van der Waals surface area contributed by atoms with Gasteiger partial charge in [0.05, 0.1) is 10.6 Å². The van der Waals surface area contributed by atoms with E-state index in [9.17, 15) is 9.59 Å². The zero-order valence-electron chi connectivity index (χ0n) is 14.4. The Hall–Kier alpha value is -2.53. The van der Waals surface area contributed by atoms with Crippen molar-refractivity contribution in [1.82, 2.24) is 10.9 Å². The van der Waals surface area contributed by atoms with Crippen LogP contribution in [0.1, 0.15) is 42.6 Å². The van der Waals surface area contributed by atoms with E-state index in [0.29, 0.717) is 16.7 Å². The quantitative estimate of drug-likeness (QED) is 0.799. The molecule has 0 aliphatic rings. The van der Waals surface area contributed by atoms with Crippen molar-refractivity contribution in [3.8, 4) is 5.75 Å². The zero-order chi connectivity index (χ0) is 18.4. The van der Waals surface area contributed by atoms with Gasteiger partial charge in [0.2, 0.25) is 0 Å². The highest BCUT2D eigenvalue weighted by molar-refractivity contribution is 6.33. The Labute approximate surface area is 152 Å². The van der Waals surface area contributed by atoms with Crippen molar-refractivity contribution < 1.29 is 14.3 Å². The lowest BCUT2D eigenvalue weighted by Gasteiger charge is -2.16. The molecule has 5 nitrogen and oxygen atoms in total. The Morgan fingerprint density at radius 2 is 1.60 bits per heavy atom. The number of rotatable bonds is 5. The van der Waals surface area contributed by atoms with Gasteiger partial charge in [-0.25, -0.2) is 0 Å². The predicted octanol–water partition coefficient (Wildman–Crippen LogP) is 3.69. The van der Waals surface area contributed by atoms with Crippen LogP contribution in [0.5, 0.6) is 5.75 Å². The molecule has 1 unspecified atom stereocenters. The van der Waals surface area contributed by atoms with Crippen molar-refractivity contribution in [3.63, 3.8) is 0 Å². The van der Waals surface area contributed by atoms with Crippen LogP contribution < -0.4 is 15.6 Å². The Bertz CT molecular complexity index is 745. The van der Waals surface area contributed by atoms with Crippen LogP contribution in [0.3, 0.4) is 0 Å². The van der Waals surface area contributed by atoms with Crippen molar-refractivity contribution in [3.05, 3.63) is 64.7 Å². The molecule has 0 bridgehead atoms. The Kier molecular flexibility index (Phi) is 6.42. The van der Waals surface area contributed by atoms with Gasteiger partial charge in [-0.05, 0) is 42.7 Å². The van der Waals surface area contributed by atoms with Crippen molar-refractivity contribution in [1.29, 1.82) is 0 Å².